The third-order valence-corrected chi connectivity index (χ3v) is 8.66. The summed E-state index contributed by atoms with van der Waals surface area (Å²) in [4.78, 5) is 23.4. The van der Waals surface area contributed by atoms with Crippen molar-refractivity contribution in [2.75, 3.05) is 54.4 Å². The van der Waals surface area contributed by atoms with E-state index in [-0.39, 0.29) is 33.8 Å². The summed E-state index contributed by atoms with van der Waals surface area (Å²) in [5.41, 5.74) is 1.57. The van der Waals surface area contributed by atoms with Crippen molar-refractivity contribution in [2.45, 2.75) is 37.0 Å². The van der Waals surface area contributed by atoms with E-state index in [0.29, 0.717) is 63.4 Å². The molecule has 5 rings (SSSR count). The fraction of sp³-hybridized carbons (Fsp3) is 0.367. The lowest BCUT2D eigenvalue weighted by Gasteiger charge is -2.37. The number of pyridine rings is 1. The van der Waals surface area contributed by atoms with Crippen LogP contribution >= 0.6 is 0 Å². The van der Waals surface area contributed by atoms with Crippen molar-refractivity contribution in [1.82, 2.24) is 9.88 Å². The van der Waals surface area contributed by atoms with Crippen LogP contribution in [0.15, 0.2) is 59.8 Å². The lowest BCUT2D eigenvalue weighted by molar-refractivity contribution is -0.137. The SMILES string of the molecule is Cc1cc(C(F)(F)F)c(NC2CCN(c3ccccc3C#N)CC2)cc1C(=O)N1CCN(c2cccnc2[S+](N)[O-])CC1. The van der Waals surface area contributed by atoms with Gasteiger partial charge in [-0.15, -0.1) is 5.14 Å². The minimum atomic E-state index is -4.60. The van der Waals surface area contributed by atoms with Gasteiger partial charge in [0, 0.05) is 62.8 Å². The van der Waals surface area contributed by atoms with E-state index in [1.54, 1.807) is 29.2 Å². The van der Waals surface area contributed by atoms with Crippen molar-refractivity contribution < 1.29 is 22.5 Å². The molecule has 9 nitrogen and oxygen atoms in total. The number of nitrogens with two attached hydrogens (primary N) is 1. The number of rotatable bonds is 6. The van der Waals surface area contributed by atoms with Gasteiger partial charge >= 0.3 is 6.18 Å². The number of hydrogen-bond donors (Lipinski definition) is 2. The summed E-state index contributed by atoms with van der Waals surface area (Å²) in [6.07, 6.45) is -1.95. The van der Waals surface area contributed by atoms with E-state index in [4.69, 9.17) is 5.14 Å². The minimum absolute atomic E-state index is 0.110. The molecule has 1 unspecified atom stereocenters. The van der Waals surface area contributed by atoms with Crippen molar-refractivity contribution in [3.05, 3.63) is 77.0 Å². The number of alkyl halides is 3. The van der Waals surface area contributed by atoms with Gasteiger partial charge in [0.25, 0.3) is 10.9 Å². The zero-order valence-corrected chi connectivity index (χ0v) is 24.4. The van der Waals surface area contributed by atoms with E-state index >= 15 is 0 Å². The number of para-hydroxylation sites is 1. The number of anilines is 3. The van der Waals surface area contributed by atoms with Crippen molar-refractivity contribution >= 4 is 34.3 Å². The molecule has 1 atom stereocenters. The highest BCUT2D eigenvalue weighted by Crippen LogP contribution is 2.38. The van der Waals surface area contributed by atoms with Gasteiger partial charge in [0.15, 0.2) is 0 Å². The first kappa shape index (κ1) is 30.5. The van der Waals surface area contributed by atoms with Gasteiger partial charge in [0.1, 0.15) is 11.8 Å². The number of carbonyl (C=O) groups excluding carboxylic acids is 1. The third kappa shape index (κ3) is 6.66. The molecule has 43 heavy (non-hydrogen) atoms. The monoisotopic (exact) mass is 611 g/mol. The Labute approximate surface area is 251 Å². The number of aryl methyl sites for hydroxylation is 1. The van der Waals surface area contributed by atoms with Crippen LogP contribution in [0.1, 0.15) is 39.9 Å². The van der Waals surface area contributed by atoms with Gasteiger partial charge in [0.2, 0.25) is 0 Å². The zero-order chi connectivity index (χ0) is 30.7. The van der Waals surface area contributed by atoms with Gasteiger partial charge in [-0.05, 0) is 61.7 Å². The predicted octanol–water partition coefficient (Wildman–Crippen LogP) is 4.31. The molecular weight excluding hydrogens is 579 g/mol. The molecule has 1 aromatic heterocycles. The second kappa shape index (κ2) is 12.7. The highest BCUT2D eigenvalue weighted by atomic mass is 32.2. The first-order valence-electron chi connectivity index (χ1n) is 13.9. The van der Waals surface area contributed by atoms with Crippen molar-refractivity contribution in [3.63, 3.8) is 0 Å². The summed E-state index contributed by atoms with van der Waals surface area (Å²) in [6.45, 7) is 4.20. The lowest BCUT2D eigenvalue weighted by atomic mass is 9.98. The van der Waals surface area contributed by atoms with Crippen molar-refractivity contribution in [2.24, 2.45) is 5.14 Å². The maximum Gasteiger partial charge on any atom is 0.418 e. The molecular formula is C30H32F3N7O2S. The Morgan fingerprint density at radius 2 is 1.70 bits per heavy atom. The van der Waals surface area contributed by atoms with Crippen LogP contribution in [-0.4, -0.2) is 65.7 Å². The topological polar surface area (TPSA) is 125 Å². The molecule has 226 valence electrons. The van der Waals surface area contributed by atoms with E-state index in [2.05, 4.69) is 21.3 Å². The van der Waals surface area contributed by atoms with Crippen LogP contribution in [0.3, 0.4) is 0 Å². The van der Waals surface area contributed by atoms with Crippen molar-refractivity contribution in [3.8, 4) is 6.07 Å². The van der Waals surface area contributed by atoms with Gasteiger partial charge in [-0.25, -0.2) is 4.98 Å². The van der Waals surface area contributed by atoms with Gasteiger partial charge in [-0.1, -0.05) is 12.1 Å². The van der Waals surface area contributed by atoms with Gasteiger partial charge in [0.05, 0.1) is 28.2 Å². The number of carbonyl (C=O) groups is 1. The molecule has 0 bridgehead atoms. The summed E-state index contributed by atoms with van der Waals surface area (Å²) >= 11 is -1.77. The molecule has 2 fully saturated rings. The number of aromatic nitrogens is 1. The van der Waals surface area contributed by atoms with E-state index in [1.165, 1.54) is 19.2 Å². The fourth-order valence-electron chi connectivity index (χ4n) is 5.72. The molecule has 0 spiro atoms. The molecule has 0 saturated carbocycles. The Kier molecular flexibility index (Phi) is 9.00. The normalized spacial score (nSPS) is 17.0. The molecule has 0 radical (unpaired) electrons. The quantitative estimate of drug-likeness (QED) is 0.396. The first-order chi connectivity index (χ1) is 20.6. The Bertz CT molecular complexity index is 1510. The summed E-state index contributed by atoms with van der Waals surface area (Å²) in [7, 11) is 0. The average Bonchev–Trinajstić information content (AvgIpc) is 3.01. The minimum Gasteiger partial charge on any atom is -0.592 e. The molecule has 2 aromatic carbocycles. The third-order valence-electron chi connectivity index (χ3n) is 7.97. The van der Waals surface area contributed by atoms with Crippen LogP contribution < -0.4 is 20.3 Å². The Balaban J connectivity index is 1.30. The summed E-state index contributed by atoms with van der Waals surface area (Å²) in [5.74, 6) is -0.342. The largest absolute Gasteiger partial charge is 0.592 e. The van der Waals surface area contributed by atoms with Crippen LogP contribution in [0.4, 0.5) is 30.2 Å². The number of piperidine rings is 1. The molecule has 0 aliphatic carbocycles. The summed E-state index contributed by atoms with van der Waals surface area (Å²) in [5, 5.41) is 18.4. The zero-order valence-electron chi connectivity index (χ0n) is 23.6. The number of halogens is 3. The lowest BCUT2D eigenvalue weighted by Crippen LogP contribution is -2.49. The van der Waals surface area contributed by atoms with Gasteiger partial charge in [-0.2, -0.15) is 18.4 Å². The number of hydrogen-bond acceptors (Lipinski definition) is 8. The highest BCUT2D eigenvalue weighted by Gasteiger charge is 2.36. The number of piperazine rings is 1. The predicted molar refractivity (Wildman–Crippen MR) is 159 cm³/mol. The van der Waals surface area contributed by atoms with Crippen LogP contribution in [0, 0.1) is 18.3 Å². The number of nitrogens with zero attached hydrogens (tertiary/aromatic N) is 5. The number of benzene rings is 2. The number of nitriles is 1. The molecule has 2 aliphatic rings. The van der Waals surface area contributed by atoms with Crippen molar-refractivity contribution in [1.29, 1.82) is 5.26 Å². The summed E-state index contributed by atoms with van der Waals surface area (Å²) < 4.78 is 54.3. The Hall–Kier alpha value is -3.99. The standard InChI is InChI=1S/C30H32F3N7O2S/c1-20-17-24(30(31,32)33)25(37-22-8-11-38(12-9-22)26-6-3-2-5-21(26)19-34)18-23(20)29(41)40-15-13-39(14-16-40)27-7-4-10-36-28(27)43(35)42/h2-7,10,17-18,22,37H,8-9,11-16,35H2,1H3. The van der Waals surface area contributed by atoms with Crippen LogP contribution in [-0.2, 0) is 17.5 Å². The van der Waals surface area contributed by atoms with E-state index in [0.717, 1.165) is 11.8 Å². The van der Waals surface area contributed by atoms with Crippen LogP contribution in [0.2, 0.25) is 0 Å². The number of amides is 1. The molecule has 3 N–H and O–H groups in total. The summed E-state index contributed by atoms with van der Waals surface area (Å²) in [6, 6.07) is 15.1. The van der Waals surface area contributed by atoms with E-state index in [1.807, 2.05) is 17.0 Å². The second-order valence-corrected chi connectivity index (χ2v) is 11.6. The Morgan fingerprint density at radius 3 is 2.35 bits per heavy atom. The first-order valence-corrected chi connectivity index (χ1v) is 15.2. The fourth-order valence-corrected chi connectivity index (χ4v) is 6.29. The molecule has 3 aromatic rings. The van der Waals surface area contributed by atoms with Crippen LogP contribution in [0.25, 0.3) is 0 Å². The van der Waals surface area contributed by atoms with Crippen LogP contribution in [0.5, 0.6) is 0 Å². The molecule has 1 amide bonds. The Morgan fingerprint density at radius 1 is 1.05 bits per heavy atom. The highest BCUT2D eigenvalue weighted by molar-refractivity contribution is 7.89. The molecule has 2 aliphatic heterocycles. The van der Waals surface area contributed by atoms with E-state index in [9.17, 15) is 27.8 Å². The molecule has 2 saturated heterocycles. The smallest absolute Gasteiger partial charge is 0.418 e. The van der Waals surface area contributed by atoms with Gasteiger partial charge < -0.3 is 24.6 Å². The second-order valence-electron chi connectivity index (χ2n) is 10.6. The van der Waals surface area contributed by atoms with Gasteiger partial charge in [-0.3, -0.25) is 4.79 Å². The van der Waals surface area contributed by atoms with E-state index < -0.39 is 23.1 Å². The maximum atomic E-state index is 14.1. The molecule has 13 heteroatoms. The number of nitrogens with one attached hydrogen (secondary N) is 1. The maximum absolute atomic E-state index is 14.1. The molecule has 3 heterocycles. The average molecular weight is 612 g/mol.